The molecule has 0 aliphatic carbocycles. The standard InChI is InChI=1S/C19H16Cl3N3O2S2/c20-14-3-1-13(2-4-14)18-12-28-19(23-18)24-5-7-25(8-6-24)29(26,27)17-10-15(21)9-16(22)11-17/h1-4,9-12H,5-8H2. The van der Waals surface area contributed by atoms with Crippen molar-refractivity contribution in [3.05, 3.63) is 62.9 Å². The van der Waals surface area contributed by atoms with Gasteiger partial charge in [0.25, 0.3) is 0 Å². The Morgan fingerprint density at radius 1 is 0.862 bits per heavy atom. The van der Waals surface area contributed by atoms with Gasteiger partial charge in [0, 0.05) is 52.2 Å². The molecule has 0 radical (unpaired) electrons. The molecule has 1 aliphatic heterocycles. The molecule has 10 heteroatoms. The lowest BCUT2D eigenvalue weighted by molar-refractivity contribution is 0.385. The molecule has 0 unspecified atom stereocenters. The summed E-state index contributed by atoms with van der Waals surface area (Å²) < 4.78 is 27.3. The lowest BCUT2D eigenvalue weighted by Gasteiger charge is -2.33. The normalized spacial score (nSPS) is 15.6. The number of piperazine rings is 1. The summed E-state index contributed by atoms with van der Waals surface area (Å²) in [5.74, 6) is 0. The van der Waals surface area contributed by atoms with Crippen molar-refractivity contribution in [2.75, 3.05) is 31.1 Å². The second-order valence-corrected chi connectivity index (χ2v) is 10.6. The van der Waals surface area contributed by atoms with E-state index in [0.29, 0.717) is 41.2 Å². The molecule has 5 nitrogen and oxygen atoms in total. The fourth-order valence-corrected chi connectivity index (χ4v) is 6.27. The zero-order valence-electron chi connectivity index (χ0n) is 15.1. The van der Waals surface area contributed by atoms with E-state index in [0.717, 1.165) is 16.4 Å². The van der Waals surface area contributed by atoms with Crippen molar-refractivity contribution in [3.63, 3.8) is 0 Å². The van der Waals surface area contributed by atoms with E-state index in [1.807, 2.05) is 29.6 Å². The molecule has 0 spiro atoms. The SMILES string of the molecule is O=S(=O)(c1cc(Cl)cc(Cl)c1)N1CCN(c2nc(-c3ccc(Cl)cc3)cs2)CC1. The summed E-state index contributed by atoms with van der Waals surface area (Å²) in [5.41, 5.74) is 1.88. The maximum absolute atomic E-state index is 12.9. The lowest BCUT2D eigenvalue weighted by Crippen LogP contribution is -2.48. The maximum atomic E-state index is 12.9. The van der Waals surface area contributed by atoms with Crippen molar-refractivity contribution in [2.24, 2.45) is 0 Å². The minimum Gasteiger partial charge on any atom is -0.345 e. The Labute approximate surface area is 188 Å². The fourth-order valence-electron chi connectivity index (χ4n) is 3.11. The molecule has 0 bridgehead atoms. The van der Waals surface area contributed by atoms with Gasteiger partial charge in [-0.25, -0.2) is 13.4 Å². The van der Waals surface area contributed by atoms with Crippen LogP contribution >= 0.6 is 46.1 Å². The molecule has 3 aromatic rings. The van der Waals surface area contributed by atoms with Crippen molar-refractivity contribution in [1.29, 1.82) is 0 Å². The Balaban J connectivity index is 1.46. The van der Waals surface area contributed by atoms with Gasteiger partial charge in [0.1, 0.15) is 0 Å². The van der Waals surface area contributed by atoms with E-state index in [-0.39, 0.29) is 4.90 Å². The van der Waals surface area contributed by atoms with Gasteiger partial charge < -0.3 is 4.90 Å². The average molecular weight is 489 g/mol. The molecule has 1 aromatic heterocycles. The quantitative estimate of drug-likeness (QED) is 0.501. The van der Waals surface area contributed by atoms with Gasteiger partial charge in [-0.15, -0.1) is 11.3 Å². The molecule has 2 aromatic carbocycles. The van der Waals surface area contributed by atoms with Gasteiger partial charge in [0.15, 0.2) is 5.13 Å². The third-order valence-corrected chi connectivity index (χ3v) is 8.08. The van der Waals surface area contributed by atoms with Crippen molar-refractivity contribution in [2.45, 2.75) is 4.90 Å². The number of halogens is 3. The molecule has 1 saturated heterocycles. The van der Waals surface area contributed by atoms with Crippen molar-refractivity contribution < 1.29 is 8.42 Å². The zero-order valence-corrected chi connectivity index (χ0v) is 19.0. The van der Waals surface area contributed by atoms with E-state index in [9.17, 15) is 8.42 Å². The van der Waals surface area contributed by atoms with Crippen molar-refractivity contribution in [3.8, 4) is 11.3 Å². The first-order chi connectivity index (χ1) is 13.8. The summed E-state index contributed by atoms with van der Waals surface area (Å²) in [5, 5.41) is 4.15. The first-order valence-corrected chi connectivity index (χ1v) is 12.2. The molecule has 1 aliphatic rings. The van der Waals surface area contributed by atoms with Crippen LogP contribution in [0.25, 0.3) is 11.3 Å². The number of nitrogens with zero attached hydrogens (tertiary/aromatic N) is 3. The predicted octanol–water partition coefficient (Wildman–Crippen LogP) is 5.28. The molecule has 1 fully saturated rings. The van der Waals surface area contributed by atoms with E-state index in [4.69, 9.17) is 39.8 Å². The van der Waals surface area contributed by atoms with Gasteiger partial charge >= 0.3 is 0 Å². The number of aromatic nitrogens is 1. The van der Waals surface area contributed by atoms with Crippen molar-refractivity contribution in [1.82, 2.24) is 9.29 Å². The van der Waals surface area contributed by atoms with Crippen LogP contribution in [0.15, 0.2) is 52.7 Å². The Kier molecular flexibility index (Phi) is 6.06. The molecule has 0 saturated carbocycles. The minimum atomic E-state index is -3.65. The van der Waals surface area contributed by atoms with E-state index in [1.54, 1.807) is 11.3 Å². The molecule has 0 atom stereocenters. The van der Waals surface area contributed by atoms with Crippen molar-refractivity contribution >= 4 is 61.3 Å². The largest absolute Gasteiger partial charge is 0.345 e. The topological polar surface area (TPSA) is 53.5 Å². The Bertz CT molecular complexity index is 1110. The van der Waals surface area contributed by atoms with Crippen LogP contribution in [0, 0.1) is 0 Å². The van der Waals surface area contributed by atoms with Crippen LogP contribution in [0.2, 0.25) is 15.1 Å². The molecule has 4 rings (SSSR count). The molecule has 152 valence electrons. The summed E-state index contributed by atoms with van der Waals surface area (Å²) in [4.78, 5) is 6.91. The fraction of sp³-hybridized carbons (Fsp3) is 0.211. The van der Waals surface area contributed by atoms with Gasteiger partial charge in [-0.1, -0.05) is 46.9 Å². The number of hydrogen-bond donors (Lipinski definition) is 0. The number of sulfonamides is 1. The van der Waals surface area contributed by atoms with E-state index in [1.165, 1.54) is 22.5 Å². The molecule has 0 N–H and O–H groups in total. The van der Waals surface area contributed by atoms with Gasteiger partial charge in [0.05, 0.1) is 10.6 Å². The minimum absolute atomic E-state index is 0.114. The lowest BCUT2D eigenvalue weighted by atomic mass is 10.2. The smallest absolute Gasteiger partial charge is 0.243 e. The van der Waals surface area contributed by atoms with Gasteiger partial charge in [-0.2, -0.15) is 4.31 Å². The third kappa shape index (κ3) is 4.55. The van der Waals surface area contributed by atoms with Crippen LogP contribution in [0.5, 0.6) is 0 Å². The highest BCUT2D eigenvalue weighted by atomic mass is 35.5. The van der Waals surface area contributed by atoms with Gasteiger partial charge in [0.2, 0.25) is 10.0 Å². The Morgan fingerprint density at radius 3 is 2.10 bits per heavy atom. The predicted molar refractivity (Wildman–Crippen MR) is 120 cm³/mol. The zero-order chi connectivity index (χ0) is 20.6. The van der Waals surface area contributed by atoms with Crippen LogP contribution in [-0.4, -0.2) is 43.9 Å². The summed E-state index contributed by atoms with van der Waals surface area (Å²) in [6.45, 7) is 1.84. The molecular weight excluding hydrogens is 473 g/mol. The monoisotopic (exact) mass is 487 g/mol. The maximum Gasteiger partial charge on any atom is 0.243 e. The highest BCUT2D eigenvalue weighted by molar-refractivity contribution is 7.89. The Hall–Kier alpha value is -1.35. The molecule has 2 heterocycles. The second kappa shape index (κ2) is 8.41. The summed E-state index contributed by atoms with van der Waals surface area (Å²) in [6, 6.07) is 11.9. The third-order valence-electron chi connectivity index (χ3n) is 4.62. The molecular formula is C19H16Cl3N3O2S2. The molecule has 0 amide bonds. The van der Waals surface area contributed by atoms with E-state index >= 15 is 0 Å². The van der Waals surface area contributed by atoms with E-state index in [2.05, 4.69) is 4.90 Å². The van der Waals surface area contributed by atoms with Crippen LogP contribution < -0.4 is 4.90 Å². The number of anilines is 1. The van der Waals surface area contributed by atoms with Crippen LogP contribution in [0.1, 0.15) is 0 Å². The summed E-state index contributed by atoms with van der Waals surface area (Å²) in [6.07, 6.45) is 0. The highest BCUT2D eigenvalue weighted by Crippen LogP contribution is 2.30. The average Bonchev–Trinajstić information content (AvgIpc) is 3.18. The van der Waals surface area contributed by atoms with E-state index < -0.39 is 10.0 Å². The van der Waals surface area contributed by atoms with Gasteiger partial charge in [-0.05, 0) is 30.3 Å². The number of benzene rings is 2. The van der Waals surface area contributed by atoms with Crippen LogP contribution in [0.3, 0.4) is 0 Å². The number of hydrogen-bond acceptors (Lipinski definition) is 5. The van der Waals surface area contributed by atoms with Gasteiger partial charge in [-0.3, -0.25) is 0 Å². The molecule has 29 heavy (non-hydrogen) atoms. The van der Waals surface area contributed by atoms with Crippen LogP contribution in [-0.2, 0) is 10.0 Å². The summed E-state index contributed by atoms with van der Waals surface area (Å²) >= 11 is 19.4. The first-order valence-electron chi connectivity index (χ1n) is 8.75. The summed E-state index contributed by atoms with van der Waals surface area (Å²) in [7, 11) is -3.65. The number of rotatable bonds is 4. The number of thiazole rings is 1. The Morgan fingerprint density at radius 2 is 1.48 bits per heavy atom. The first kappa shape index (κ1) is 20.9. The second-order valence-electron chi connectivity index (χ2n) is 6.52. The highest BCUT2D eigenvalue weighted by Gasteiger charge is 2.30. The van der Waals surface area contributed by atoms with Crippen LogP contribution in [0.4, 0.5) is 5.13 Å².